The van der Waals surface area contributed by atoms with Gasteiger partial charge in [-0.2, -0.15) is 21.6 Å². The van der Waals surface area contributed by atoms with Crippen molar-refractivity contribution in [3.63, 3.8) is 0 Å². The smallest absolute Gasteiger partial charge is 0.385 e. The van der Waals surface area contributed by atoms with E-state index >= 15 is 0 Å². The number of nitrogens with one attached hydrogen (secondary N) is 1. The van der Waals surface area contributed by atoms with Gasteiger partial charge in [0.15, 0.2) is 6.10 Å². The Hall–Kier alpha value is -2.73. The molecule has 0 radical (unpaired) electrons. The molecule has 1 amide bonds. The number of alkyl halides is 3. The molecule has 1 saturated heterocycles. The van der Waals surface area contributed by atoms with E-state index in [0.717, 1.165) is 56.6 Å². The third kappa shape index (κ3) is 8.93. The molecule has 4 rings (SSSR count). The van der Waals surface area contributed by atoms with E-state index in [0.29, 0.717) is 5.37 Å². The van der Waals surface area contributed by atoms with Crippen molar-refractivity contribution >= 4 is 21.6 Å². The van der Waals surface area contributed by atoms with Crippen LogP contribution in [0.15, 0.2) is 48.5 Å². The number of aryl methyl sites for hydroxylation is 1. The number of aliphatic hydroxyl groups excluding tert-OH is 2. The number of piperidine rings is 1. The Morgan fingerprint density at radius 2 is 1.74 bits per heavy atom. The molecule has 38 heavy (non-hydrogen) atoms. The third-order valence-electron chi connectivity index (χ3n) is 6.64. The first-order valence-electron chi connectivity index (χ1n) is 12.6. The molecule has 1 heterocycles. The zero-order valence-electron chi connectivity index (χ0n) is 20.9. The van der Waals surface area contributed by atoms with Gasteiger partial charge in [-0.25, -0.2) is 0 Å². The summed E-state index contributed by atoms with van der Waals surface area (Å²) in [6.07, 6.45) is -1.36. The highest BCUT2D eigenvalue weighted by molar-refractivity contribution is 7.71. The van der Waals surface area contributed by atoms with Crippen LogP contribution in [-0.4, -0.2) is 60.1 Å². The van der Waals surface area contributed by atoms with Gasteiger partial charge in [0.05, 0.1) is 17.0 Å². The van der Waals surface area contributed by atoms with Crippen molar-refractivity contribution in [2.45, 2.75) is 69.5 Å². The second kappa shape index (κ2) is 13.9. The van der Waals surface area contributed by atoms with E-state index in [1.54, 1.807) is 6.07 Å². The van der Waals surface area contributed by atoms with Crippen LogP contribution in [0, 0.1) is 0 Å². The number of rotatable bonds is 6. The summed E-state index contributed by atoms with van der Waals surface area (Å²) in [5.41, 5.74) is 2.90. The fourth-order valence-electron chi connectivity index (χ4n) is 4.72. The topological polar surface area (TPSA) is 107 Å². The Morgan fingerprint density at radius 3 is 2.34 bits per heavy atom. The quantitative estimate of drug-likeness (QED) is 0.474. The van der Waals surface area contributed by atoms with Crippen LogP contribution in [-0.2, 0) is 34.2 Å². The minimum atomic E-state index is -4.21. The van der Waals surface area contributed by atoms with Gasteiger partial charge >= 0.3 is 6.18 Å². The predicted octanol–water partition coefficient (Wildman–Crippen LogP) is 3.27. The van der Waals surface area contributed by atoms with E-state index in [-0.39, 0.29) is 6.04 Å². The van der Waals surface area contributed by atoms with E-state index in [2.05, 4.69) is 22.3 Å². The molecule has 11 heteroatoms. The molecule has 1 aliphatic carbocycles. The summed E-state index contributed by atoms with van der Waals surface area (Å²) < 4.78 is 56.6. The summed E-state index contributed by atoms with van der Waals surface area (Å²) >= 11 is 0. The van der Waals surface area contributed by atoms with Crippen molar-refractivity contribution < 1.29 is 36.6 Å². The summed E-state index contributed by atoms with van der Waals surface area (Å²) in [7, 11) is -2.65. The van der Waals surface area contributed by atoms with Crippen LogP contribution >= 0.6 is 0 Å². The minimum Gasteiger partial charge on any atom is -0.385 e. The van der Waals surface area contributed by atoms with Crippen LogP contribution in [0.4, 0.5) is 13.2 Å². The summed E-state index contributed by atoms with van der Waals surface area (Å²) in [5.74, 6) is -0.774. The van der Waals surface area contributed by atoms with Gasteiger partial charge in [0.25, 0.3) is 5.91 Å². The second-order valence-electron chi connectivity index (χ2n) is 9.52. The maximum atomic E-state index is 12.2. The molecule has 3 atom stereocenters. The summed E-state index contributed by atoms with van der Waals surface area (Å²) in [6.45, 7) is 3.22. The molecular formula is C27H33F3N2O5S. The predicted molar refractivity (Wildman–Crippen MR) is 138 cm³/mol. The molecule has 0 bridgehead atoms. The van der Waals surface area contributed by atoms with Gasteiger partial charge < -0.3 is 15.5 Å². The lowest BCUT2D eigenvalue weighted by Gasteiger charge is -2.30. The standard InChI is InChI=1S/C20H28N2O5S.C7H5F3/c23-18(13-28(26)27)19(24)20(25)21-17-6-4-5-15-11-14(7-8-16(15)17)12-22-9-2-1-3-10-22;8-7(9,10)6-4-2-1-3-5-6/h7-8,11,13,17-19,23-24H,1-6,9-10,12H2,(H,21,25);1-5H/t17-,18+,19-;/m1./s1. The molecular weight excluding hydrogens is 521 g/mol. The molecule has 0 saturated carbocycles. The van der Waals surface area contributed by atoms with Crippen molar-refractivity contribution in [2.24, 2.45) is 0 Å². The molecule has 2 aromatic carbocycles. The summed E-state index contributed by atoms with van der Waals surface area (Å²) in [5, 5.41) is 22.7. The van der Waals surface area contributed by atoms with Crippen LogP contribution in [0.25, 0.3) is 0 Å². The Labute approximate surface area is 221 Å². The Balaban J connectivity index is 0.000000336. The molecule has 3 N–H and O–H groups in total. The number of carbonyl (C=O) groups excluding carboxylic acids is 1. The second-order valence-corrected chi connectivity index (χ2v) is 10.3. The van der Waals surface area contributed by atoms with Crippen molar-refractivity contribution in [2.75, 3.05) is 13.1 Å². The maximum Gasteiger partial charge on any atom is 0.416 e. The monoisotopic (exact) mass is 554 g/mol. The molecule has 2 aliphatic rings. The van der Waals surface area contributed by atoms with Crippen molar-refractivity contribution in [3.05, 3.63) is 70.8 Å². The Kier molecular flexibility index (Phi) is 10.9. The molecule has 0 aromatic heterocycles. The highest BCUT2D eigenvalue weighted by Gasteiger charge is 2.30. The fourth-order valence-corrected chi connectivity index (χ4v) is 5.10. The Bertz CT molecular complexity index is 1190. The fraction of sp³-hybridized carbons (Fsp3) is 0.481. The van der Waals surface area contributed by atoms with Gasteiger partial charge in [-0.15, -0.1) is 0 Å². The number of fused-ring (bicyclic) bond motifs is 1. The maximum absolute atomic E-state index is 12.2. The number of benzene rings is 2. The number of hydrogen-bond donors (Lipinski definition) is 3. The van der Waals surface area contributed by atoms with Crippen LogP contribution < -0.4 is 5.32 Å². The lowest BCUT2D eigenvalue weighted by molar-refractivity contribution is -0.137. The first kappa shape index (κ1) is 29.8. The lowest BCUT2D eigenvalue weighted by atomic mass is 9.86. The van der Waals surface area contributed by atoms with E-state index in [1.807, 2.05) is 6.07 Å². The molecule has 0 spiro atoms. The van der Waals surface area contributed by atoms with Crippen LogP contribution in [0.3, 0.4) is 0 Å². The summed E-state index contributed by atoms with van der Waals surface area (Å²) in [4.78, 5) is 14.7. The molecule has 1 fully saturated rings. The molecule has 7 nitrogen and oxygen atoms in total. The molecule has 0 unspecified atom stereocenters. The normalized spacial score (nSPS) is 19.2. The van der Waals surface area contributed by atoms with Crippen molar-refractivity contribution in [1.82, 2.24) is 10.2 Å². The van der Waals surface area contributed by atoms with Gasteiger partial charge in [0.1, 0.15) is 6.10 Å². The number of hydrogen-bond acceptors (Lipinski definition) is 6. The highest BCUT2D eigenvalue weighted by Crippen LogP contribution is 2.31. The van der Waals surface area contributed by atoms with Gasteiger partial charge in [0, 0.05) is 6.54 Å². The van der Waals surface area contributed by atoms with Crippen molar-refractivity contribution in [1.29, 1.82) is 0 Å². The summed E-state index contributed by atoms with van der Waals surface area (Å²) in [6, 6.07) is 12.5. The van der Waals surface area contributed by atoms with Gasteiger partial charge in [0.2, 0.25) is 10.3 Å². The number of nitrogens with zero attached hydrogens (tertiary/aromatic N) is 1. The average Bonchev–Trinajstić information content (AvgIpc) is 2.89. The number of likely N-dealkylation sites (tertiary alicyclic amines) is 1. The van der Waals surface area contributed by atoms with E-state index in [1.165, 1.54) is 42.5 Å². The lowest BCUT2D eigenvalue weighted by Crippen LogP contribution is -2.44. The first-order valence-corrected chi connectivity index (χ1v) is 13.7. The third-order valence-corrected chi connectivity index (χ3v) is 7.14. The van der Waals surface area contributed by atoms with Crippen LogP contribution in [0.2, 0.25) is 0 Å². The number of amides is 1. The highest BCUT2D eigenvalue weighted by atomic mass is 32.2. The van der Waals surface area contributed by atoms with E-state index < -0.39 is 40.1 Å². The minimum absolute atomic E-state index is 0.250. The zero-order valence-corrected chi connectivity index (χ0v) is 21.7. The van der Waals surface area contributed by atoms with Gasteiger partial charge in [-0.1, -0.05) is 55.0 Å². The molecule has 208 valence electrons. The van der Waals surface area contributed by atoms with E-state index in [4.69, 9.17) is 0 Å². The zero-order chi connectivity index (χ0) is 27.7. The number of halogens is 3. The van der Waals surface area contributed by atoms with Crippen LogP contribution in [0.1, 0.15) is 60.4 Å². The van der Waals surface area contributed by atoms with Crippen LogP contribution in [0.5, 0.6) is 0 Å². The average molecular weight is 555 g/mol. The Morgan fingerprint density at radius 1 is 1.05 bits per heavy atom. The number of aliphatic hydroxyl groups is 2. The molecule has 1 aliphatic heterocycles. The van der Waals surface area contributed by atoms with Crippen molar-refractivity contribution in [3.8, 4) is 0 Å². The molecule has 2 aromatic rings. The van der Waals surface area contributed by atoms with Gasteiger partial charge in [-0.05, 0) is 61.9 Å². The largest absolute Gasteiger partial charge is 0.416 e. The SMILES string of the molecule is FC(F)(F)c1ccccc1.O=C(N[C@@H]1CCCc2cc(CN3CCCCC3)ccc21)[C@H](O)[C@@H](O)C=S(=O)=O. The van der Waals surface area contributed by atoms with E-state index in [9.17, 15) is 36.6 Å². The first-order chi connectivity index (χ1) is 18.0. The number of carbonyl (C=O) groups is 1. The van der Waals surface area contributed by atoms with Gasteiger partial charge in [-0.3, -0.25) is 9.69 Å².